The van der Waals surface area contributed by atoms with E-state index in [1.807, 2.05) is 44.2 Å². The molecule has 0 aliphatic heterocycles. The lowest BCUT2D eigenvalue weighted by Crippen LogP contribution is -2.43. The molecule has 6 N–H and O–H groups in total. The fraction of sp³-hybridized carbons (Fsp3) is 0.308. The van der Waals surface area contributed by atoms with Gasteiger partial charge in [0.15, 0.2) is 17.2 Å². The summed E-state index contributed by atoms with van der Waals surface area (Å²) in [5, 5.41) is 13.1. The average Bonchev–Trinajstić information content (AvgIpc) is 3.26. The molecule has 3 aromatic rings. The van der Waals surface area contributed by atoms with Crippen LogP contribution >= 0.6 is 11.5 Å². The Bertz CT molecular complexity index is 1260. The highest BCUT2D eigenvalue weighted by molar-refractivity contribution is 7.09. The van der Waals surface area contributed by atoms with Crippen molar-refractivity contribution in [1.82, 2.24) is 14.6 Å². The van der Waals surface area contributed by atoms with E-state index in [0.717, 1.165) is 23.5 Å². The number of methoxy groups -OCH3 is 1. The minimum atomic E-state index is -1.12. The van der Waals surface area contributed by atoms with Crippen molar-refractivity contribution in [3.8, 4) is 11.5 Å². The smallest absolute Gasteiger partial charge is 0.270 e. The summed E-state index contributed by atoms with van der Waals surface area (Å²) >= 11 is 0.744. The Morgan fingerprint density at radius 1 is 1.16 bits per heavy atom. The second-order valence-corrected chi connectivity index (χ2v) is 9.64. The first-order valence-corrected chi connectivity index (χ1v) is 12.5. The summed E-state index contributed by atoms with van der Waals surface area (Å²) in [5.74, 6) is -1.47. The van der Waals surface area contributed by atoms with Gasteiger partial charge >= 0.3 is 0 Å². The number of nitrogens with one attached hydrogen (secondary N) is 1. The number of aromatic nitrogens is 1. The number of hydrogen-bond acceptors (Lipinski definition) is 8. The molecule has 196 valence electrons. The summed E-state index contributed by atoms with van der Waals surface area (Å²) in [7, 11) is 1.40. The first kappa shape index (κ1) is 27.5. The molecule has 0 saturated heterocycles. The molecule has 0 unspecified atom stereocenters. The van der Waals surface area contributed by atoms with E-state index >= 15 is 0 Å². The Balaban J connectivity index is 2.13. The van der Waals surface area contributed by atoms with E-state index in [-0.39, 0.29) is 34.3 Å². The van der Waals surface area contributed by atoms with Crippen LogP contribution in [0.1, 0.15) is 57.6 Å². The van der Waals surface area contributed by atoms with Crippen molar-refractivity contribution in [3.63, 3.8) is 0 Å². The van der Waals surface area contributed by atoms with Gasteiger partial charge in [0.2, 0.25) is 5.91 Å². The van der Waals surface area contributed by atoms with Gasteiger partial charge < -0.3 is 31.5 Å². The van der Waals surface area contributed by atoms with Crippen LogP contribution in [0.25, 0.3) is 0 Å². The van der Waals surface area contributed by atoms with Crippen LogP contribution in [0.4, 0.5) is 5.69 Å². The second-order valence-electron chi connectivity index (χ2n) is 8.86. The van der Waals surface area contributed by atoms with Crippen molar-refractivity contribution >= 4 is 34.9 Å². The number of nitrogen functional groups attached to an aromatic ring is 1. The second kappa shape index (κ2) is 12.2. The zero-order chi connectivity index (χ0) is 27.1. The van der Waals surface area contributed by atoms with E-state index in [1.165, 1.54) is 24.1 Å². The number of anilines is 1. The lowest BCUT2D eigenvalue weighted by atomic mass is 10.0. The minimum Gasteiger partial charge on any atom is -0.504 e. The summed E-state index contributed by atoms with van der Waals surface area (Å²) < 4.78 is 9.21. The quantitative estimate of drug-likeness (QED) is 0.299. The van der Waals surface area contributed by atoms with Crippen molar-refractivity contribution < 1.29 is 24.2 Å². The fourth-order valence-corrected chi connectivity index (χ4v) is 4.50. The van der Waals surface area contributed by atoms with Crippen LogP contribution in [0.2, 0.25) is 0 Å². The number of carbonyl (C=O) groups is 3. The van der Waals surface area contributed by atoms with Gasteiger partial charge in [-0.2, -0.15) is 4.37 Å². The summed E-state index contributed by atoms with van der Waals surface area (Å²) in [6.07, 6.45) is 0.744. The van der Waals surface area contributed by atoms with Gasteiger partial charge in [0, 0.05) is 13.1 Å². The van der Waals surface area contributed by atoms with Gasteiger partial charge in [-0.3, -0.25) is 14.4 Å². The van der Waals surface area contributed by atoms with Crippen LogP contribution in [0.15, 0.2) is 48.5 Å². The molecule has 3 rings (SSSR count). The lowest BCUT2D eigenvalue weighted by molar-refractivity contribution is -0.126. The molecule has 2 aromatic carbocycles. The maximum atomic E-state index is 13.9. The molecule has 3 amide bonds. The van der Waals surface area contributed by atoms with Crippen LogP contribution in [-0.4, -0.2) is 45.8 Å². The van der Waals surface area contributed by atoms with Gasteiger partial charge in [-0.15, -0.1) is 0 Å². The molecular formula is C26H31N5O5S. The van der Waals surface area contributed by atoms with Crippen molar-refractivity contribution in [2.45, 2.75) is 32.9 Å². The largest absolute Gasteiger partial charge is 0.504 e. The maximum Gasteiger partial charge on any atom is 0.270 e. The first-order chi connectivity index (χ1) is 17.6. The number of rotatable bonds is 11. The van der Waals surface area contributed by atoms with E-state index in [4.69, 9.17) is 16.2 Å². The Morgan fingerprint density at radius 3 is 2.46 bits per heavy atom. The topological polar surface area (TPSA) is 161 Å². The molecule has 1 aromatic heterocycles. The minimum absolute atomic E-state index is 0.00421. The number of aromatic hydroxyl groups is 1. The number of phenolic OH excluding ortho intramolecular Hbond substituents is 1. The molecule has 1 heterocycles. The van der Waals surface area contributed by atoms with E-state index in [9.17, 15) is 19.5 Å². The Hall–Kier alpha value is -4.12. The standard InChI is InChI=1S/C26H31N5O5S/c1-15(2)11-12-29-25(34)22(17-9-10-18(32)19(13-17)36-3)31(14-16-7-5-4-6-8-16)26(35)23-20(27)21(24(28)33)30-37-23/h4-10,13,15,22,32H,11-12,14,27H2,1-3H3,(H2,28,33)(H,29,34)/t22-/m1/s1. The third-order valence-corrected chi connectivity index (χ3v) is 6.56. The van der Waals surface area contributed by atoms with E-state index < -0.39 is 23.8 Å². The Kier molecular flexibility index (Phi) is 9.07. The van der Waals surface area contributed by atoms with E-state index in [0.29, 0.717) is 18.0 Å². The number of primary amides is 1. The summed E-state index contributed by atoms with van der Waals surface area (Å²) in [6.45, 7) is 4.55. The molecular weight excluding hydrogens is 494 g/mol. The number of amides is 3. The van der Waals surface area contributed by atoms with Crippen LogP contribution < -0.4 is 21.5 Å². The van der Waals surface area contributed by atoms with Gasteiger partial charge in [-0.1, -0.05) is 50.2 Å². The van der Waals surface area contributed by atoms with Crippen LogP contribution in [0.5, 0.6) is 11.5 Å². The molecule has 0 spiro atoms. The van der Waals surface area contributed by atoms with Gasteiger partial charge in [0.25, 0.3) is 11.8 Å². The number of nitrogens with two attached hydrogens (primary N) is 2. The van der Waals surface area contributed by atoms with Gasteiger partial charge in [0.1, 0.15) is 10.9 Å². The monoisotopic (exact) mass is 525 g/mol. The molecule has 10 nitrogen and oxygen atoms in total. The number of carbonyl (C=O) groups excluding carboxylic acids is 3. The van der Waals surface area contributed by atoms with Crippen molar-refractivity contribution in [3.05, 3.63) is 70.2 Å². The normalized spacial score (nSPS) is 11.7. The zero-order valence-electron chi connectivity index (χ0n) is 20.9. The third-order valence-electron chi connectivity index (χ3n) is 5.71. The molecule has 0 bridgehead atoms. The number of nitrogens with zero attached hydrogens (tertiary/aromatic N) is 2. The van der Waals surface area contributed by atoms with Gasteiger partial charge in [0.05, 0.1) is 12.8 Å². The number of ether oxygens (including phenoxy) is 1. The highest BCUT2D eigenvalue weighted by Crippen LogP contribution is 2.34. The summed E-state index contributed by atoms with van der Waals surface area (Å²) in [4.78, 5) is 40.7. The van der Waals surface area contributed by atoms with Crippen molar-refractivity contribution in [2.24, 2.45) is 11.7 Å². The Morgan fingerprint density at radius 2 is 1.86 bits per heavy atom. The molecule has 0 aliphatic carbocycles. The number of phenols is 1. The molecule has 0 fully saturated rings. The van der Waals surface area contributed by atoms with Crippen molar-refractivity contribution in [2.75, 3.05) is 19.4 Å². The highest BCUT2D eigenvalue weighted by Gasteiger charge is 2.35. The van der Waals surface area contributed by atoms with Crippen LogP contribution in [0.3, 0.4) is 0 Å². The van der Waals surface area contributed by atoms with Gasteiger partial charge in [-0.25, -0.2) is 0 Å². The predicted octanol–water partition coefficient (Wildman–Crippen LogP) is 3.08. The number of benzene rings is 2. The van der Waals surface area contributed by atoms with Crippen molar-refractivity contribution in [1.29, 1.82) is 0 Å². The average molecular weight is 526 g/mol. The molecule has 0 radical (unpaired) electrons. The predicted molar refractivity (Wildman–Crippen MR) is 141 cm³/mol. The fourth-order valence-electron chi connectivity index (χ4n) is 3.74. The highest BCUT2D eigenvalue weighted by atomic mass is 32.1. The van der Waals surface area contributed by atoms with Gasteiger partial charge in [-0.05, 0) is 47.1 Å². The maximum absolute atomic E-state index is 13.9. The molecule has 37 heavy (non-hydrogen) atoms. The third kappa shape index (κ3) is 6.56. The van der Waals surface area contributed by atoms with E-state index in [2.05, 4.69) is 9.69 Å². The zero-order valence-corrected chi connectivity index (χ0v) is 21.7. The summed E-state index contributed by atoms with van der Waals surface area (Å²) in [6, 6.07) is 12.5. The van der Waals surface area contributed by atoms with E-state index in [1.54, 1.807) is 6.07 Å². The molecule has 0 aliphatic rings. The lowest BCUT2D eigenvalue weighted by Gasteiger charge is -2.31. The number of hydrogen-bond donors (Lipinski definition) is 4. The summed E-state index contributed by atoms with van der Waals surface area (Å²) in [5.41, 5.74) is 12.3. The Labute approximate surface area is 219 Å². The molecule has 1 atom stereocenters. The van der Waals surface area contributed by atoms with Crippen LogP contribution in [0, 0.1) is 5.92 Å². The first-order valence-electron chi connectivity index (χ1n) is 11.7. The van der Waals surface area contributed by atoms with Crippen LogP contribution in [-0.2, 0) is 11.3 Å². The molecule has 0 saturated carbocycles. The SMILES string of the molecule is COc1cc([C@H](C(=O)NCCC(C)C)N(Cc2ccccc2)C(=O)c2snc(C(N)=O)c2N)ccc1O. The molecule has 11 heteroatoms.